The molecule has 2 N–H and O–H groups in total. The van der Waals surface area contributed by atoms with Gasteiger partial charge in [-0.1, -0.05) is 11.8 Å². The second-order valence-electron chi connectivity index (χ2n) is 5.43. The smallest absolute Gasteiger partial charge is 0.317 e. The van der Waals surface area contributed by atoms with E-state index in [1.807, 2.05) is 11.1 Å². The number of tetrazole rings is 1. The largest absolute Gasteiger partial charge is 0.348 e. The Kier molecular flexibility index (Phi) is 5.11. The summed E-state index contributed by atoms with van der Waals surface area (Å²) >= 11 is 1.52. The van der Waals surface area contributed by atoms with E-state index < -0.39 is 0 Å². The molecule has 0 spiro atoms. The Morgan fingerprint density at radius 1 is 1.57 bits per heavy atom. The van der Waals surface area contributed by atoms with Gasteiger partial charge in [0.15, 0.2) is 0 Å². The monoisotopic (exact) mass is 336 g/mol. The predicted molar refractivity (Wildman–Crippen MR) is 85.1 cm³/mol. The second-order valence-corrected chi connectivity index (χ2v) is 6.49. The highest BCUT2D eigenvalue weighted by atomic mass is 32.2. The van der Waals surface area contributed by atoms with Crippen molar-refractivity contribution >= 4 is 17.8 Å². The summed E-state index contributed by atoms with van der Waals surface area (Å²) in [7, 11) is 1.80. The van der Waals surface area contributed by atoms with E-state index in [9.17, 15) is 4.79 Å². The van der Waals surface area contributed by atoms with Crippen molar-refractivity contribution in [3.05, 3.63) is 18.2 Å². The number of aromatic nitrogens is 6. The van der Waals surface area contributed by atoms with Gasteiger partial charge >= 0.3 is 6.03 Å². The first kappa shape index (κ1) is 15.8. The van der Waals surface area contributed by atoms with Gasteiger partial charge in [0.25, 0.3) is 0 Å². The number of aromatic amines is 1. The number of rotatable bonds is 5. The number of thioether (sulfide) groups is 1. The molecule has 2 aromatic rings. The van der Waals surface area contributed by atoms with Gasteiger partial charge in [-0.3, -0.25) is 0 Å². The Hall–Kier alpha value is -2.10. The molecule has 23 heavy (non-hydrogen) atoms. The van der Waals surface area contributed by atoms with E-state index in [2.05, 4.69) is 30.8 Å². The van der Waals surface area contributed by atoms with Gasteiger partial charge in [0.1, 0.15) is 5.82 Å². The van der Waals surface area contributed by atoms with E-state index in [0.29, 0.717) is 19.0 Å². The molecule has 1 aliphatic rings. The van der Waals surface area contributed by atoms with Gasteiger partial charge in [-0.25, -0.2) is 14.5 Å². The minimum absolute atomic E-state index is 0.0158. The first-order chi connectivity index (χ1) is 11.2. The van der Waals surface area contributed by atoms with Crippen molar-refractivity contribution in [3.63, 3.8) is 0 Å². The lowest BCUT2D eigenvalue weighted by molar-refractivity contribution is 0.179. The number of urea groups is 1. The van der Waals surface area contributed by atoms with Crippen LogP contribution in [0.3, 0.4) is 0 Å². The number of hydrogen-bond acceptors (Lipinski definition) is 6. The molecule has 0 radical (unpaired) electrons. The fraction of sp³-hybridized carbons (Fsp3) is 0.615. The van der Waals surface area contributed by atoms with Crippen molar-refractivity contribution in [2.75, 3.05) is 25.4 Å². The molecule has 1 saturated heterocycles. The lowest BCUT2D eigenvalue weighted by Crippen LogP contribution is -2.45. The molecule has 3 heterocycles. The number of carbonyl (C=O) groups excluding carboxylic acids is 1. The van der Waals surface area contributed by atoms with Gasteiger partial charge in [0.2, 0.25) is 5.16 Å². The van der Waals surface area contributed by atoms with Gasteiger partial charge in [-0.2, -0.15) is 0 Å². The number of amides is 2. The van der Waals surface area contributed by atoms with Crippen LogP contribution < -0.4 is 5.32 Å². The average Bonchev–Trinajstić information content (AvgIpc) is 3.23. The Bertz CT molecular complexity index is 628. The van der Waals surface area contributed by atoms with Crippen molar-refractivity contribution < 1.29 is 4.79 Å². The zero-order valence-corrected chi connectivity index (χ0v) is 13.8. The van der Waals surface area contributed by atoms with Crippen LogP contribution in [0.5, 0.6) is 0 Å². The van der Waals surface area contributed by atoms with E-state index in [4.69, 9.17) is 0 Å². The first-order valence-electron chi connectivity index (χ1n) is 7.61. The number of H-pyrrole nitrogens is 1. The van der Waals surface area contributed by atoms with E-state index in [1.54, 1.807) is 17.9 Å². The summed E-state index contributed by atoms with van der Waals surface area (Å²) in [6, 6.07) is -0.0158. The number of imidazole rings is 1. The van der Waals surface area contributed by atoms with Crippen molar-refractivity contribution in [2.24, 2.45) is 7.05 Å². The molecule has 2 aromatic heterocycles. The maximum Gasteiger partial charge on any atom is 0.317 e. The summed E-state index contributed by atoms with van der Waals surface area (Å²) in [5.41, 5.74) is 0. The summed E-state index contributed by atoms with van der Waals surface area (Å²) in [5.74, 6) is 1.99. The van der Waals surface area contributed by atoms with E-state index in [0.717, 1.165) is 36.1 Å². The molecule has 1 fully saturated rings. The summed E-state index contributed by atoms with van der Waals surface area (Å²) in [6.45, 7) is 2.08. The third-order valence-corrected chi connectivity index (χ3v) is 4.82. The maximum atomic E-state index is 12.3. The summed E-state index contributed by atoms with van der Waals surface area (Å²) in [4.78, 5) is 21.6. The molecule has 0 unspecified atom stereocenters. The van der Waals surface area contributed by atoms with Crippen LogP contribution in [0.2, 0.25) is 0 Å². The fourth-order valence-corrected chi connectivity index (χ4v) is 3.35. The van der Waals surface area contributed by atoms with E-state index >= 15 is 0 Å². The minimum Gasteiger partial charge on any atom is -0.348 e. The van der Waals surface area contributed by atoms with Crippen molar-refractivity contribution in [3.8, 4) is 0 Å². The molecular formula is C13H20N8OS. The number of piperidine rings is 1. The number of likely N-dealkylation sites (tertiary alicyclic amines) is 1. The molecule has 1 atom stereocenters. The number of carbonyl (C=O) groups is 1. The van der Waals surface area contributed by atoms with Crippen LogP contribution in [-0.4, -0.2) is 66.5 Å². The Labute approximate surface area is 138 Å². The molecule has 9 nitrogen and oxygen atoms in total. The van der Waals surface area contributed by atoms with Gasteiger partial charge in [0.05, 0.1) is 0 Å². The van der Waals surface area contributed by atoms with Crippen LogP contribution in [0.1, 0.15) is 24.6 Å². The van der Waals surface area contributed by atoms with Gasteiger partial charge in [0, 0.05) is 50.7 Å². The van der Waals surface area contributed by atoms with Crippen molar-refractivity contribution in [2.45, 2.75) is 23.9 Å². The lowest BCUT2D eigenvalue weighted by atomic mass is 9.98. The number of nitrogens with zero attached hydrogens (tertiary/aromatic N) is 6. The normalized spacial score (nSPS) is 18.1. The van der Waals surface area contributed by atoms with Gasteiger partial charge in [-0.15, -0.1) is 5.10 Å². The number of hydrogen-bond donors (Lipinski definition) is 2. The average molecular weight is 336 g/mol. The predicted octanol–water partition coefficient (Wildman–Crippen LogP) is 0.614. The zero-order chi connectivity index (χ0) is 16.1. The molecule has 0 saturated carbocycles. The molecule has 1 aliphatic heterocycles. The topological polar surface area (TPSA) is 105 Å². The second kappa shape index (κ2) is 7.44. The van der Waals surface area contributed by atoms with Gasteiger partial charge < -0.3 is 15.2 Å². The van der Waals surface area contributed by atoms with Crippen molar-refractivity contribution in [1.29, 1.82) is 0 Å². The number of aryl methyl sites for hydroxylation is 1. The highest BCUT2D eigenvalue weighted by molar-refractivity contribution is 7.99. The Balaban J connectivity index is 1.42. The SMILES string of the molecule is Cn1nnnc1SCCNC(=O)N1CCC[C@@H](c2ncc[nH]2)C1. The standard InChI is InChI=1S/C13H20N8OS/c1-20-13(17-18-19-20)23-8-6-16-12(22)21-7-2-3-10(9-21)11-14-4-5-15-11/h4-5,10H,2-3,6-9H2,1H3,(H,14,15)(H,16,22)/t10-/m1/s1. The zero-order valence-electron chi connectivity index (χ0n) is 13.0. The quantitative estimate of drug-likeness (QED) is 0.612. The number of nitrogens with one attached hydrogen (secondary N) is 2. The summed E-state index contributed by atoms with van der Waals surface area (Å²) < 4.78 is 1.62. The van der Waals surface area contributed by atoms with Gasteiger partial charge in [-0.05, 0) is 23.3 Å². The minimum atomic E-state index is -0.0158. The molecule has 0 bridgehead atoms. The first-order valence-corrected chi connectivity index (χ1v) is 8.60. The summed E-state index contributed by atoms with van der Waals surface area (Å²) in [6.07, 6.45) is 5.64. The van der Waals surface area contributed by atoms with Crippen LogP contribution in [0.4, 0.5) is 4.79 Å². The molecule has 3 rings (SSSR count). The molecule has 0 aliphatic carbocycles. The third kappa shape index (κ3) is 4.01. The summed E-state index contributed by atoms with van der Waals surface area (Å²) in [5, 5.41) is 14.9. The third-order valence-electron chi connectivity index (χ3n) is 3.81. The van der Waals surface area contributed by atoms with Crippen LogP contribution in [0.15, 0.2) is 17.6 Å². The van der Waals surface area contributed by atoms with Crippen molar-refractivity contribution in [1.82, 2.24) is 40.4 Å². The lowest BCUT2D eigenvalue weighted by Gasteiger charge is -2.31. The van der Waals surface area contributed by atoms with Crippen LogP contribution in [0, 0.1) is 0 Å². The van der Waals surface area contributed by atoms with Crippen LogP contribution >= 0.6 is 11.8 Å². The van der Waals surface area contributed by atoms with E-state index in [-0.39, 0.29) is 6.03 Å². The highest BCUT2D eigenvalue weighted by Gasteiger charge is 2.25. The van der Waals surface area contributed by atoms with Crippen LogP contribution in [0.25, 0.3) is 0 Å². The fourth-order valence-electron chi connectivity index (χ4n) is 2.64. The Morgan fingerprint density at radius 2 is 2.48 bits per heavy atom. The molecule has 10 heteroatoms. The maximum absolute atomic E-state index is 12.3. The molecule has 0 aromatic carbocycles. The molecule has 124 valence electrons. The molecule has 2 amide bonds. The van der Waals surface area contributed by atoms with E-state index in [1.165, 1.54) is 11.8 Å². The highest BCUT2D eigenvalue weighted by Crippen LogP contribution is 2.24. The Morgan fingerprint density at radius 3 is 3.22 bits per heavy atom. The van der Waals surface area contributed by atoms with Crippen LogP contribution in [-0.2, 0) is 7.05 Å². The molecular weight excluding hydrogens is 316 g/mol.